The molecular weight excluding hydrogens is 321 g/mol. The number of benzene rings is 1. The molecule has 1 atom stereocenters. The van der Waals surface area contributed by atoms with Gasteiger partial charge in [0.15, 0.2) is 0 Å². The molecule has 1 heterocycles. The van der Waals surface area contributed by atoms with Crippen LogP contribution in [0.2, 0.25) is 0 Å². The number of carbonyl (C=O) groups excluding carboxylic acids is 1. The third-order valence-electron chi connectivity index (χ3n) is 3.38. The lowest BCUT2D eigenvalue weighted by molar-refractivity contribution is 0.0774. The molecule has 8 heteroatoms. The second-order valence-corrected chi connectivity index (χ2v) is 7.54. The van der Waals surface area contributed by atoms with E-state index < -0.39 is 25.7 Å². The molecular formula is C13H15ClFNO4S. The molecule has 1 aliphatic rings. The number of likely N-dealkylation sites (tertiary alicyclic amines) is 1. The Morgan fingerprint density at radius 1 is 1.48 bits per heavy atom. The topological polar surface area (TPSA) is 63.7 Å². The number of rotatable bonds is 4. The summed E-state index contributed by atoms with van der Waals surface area (Å²) >= 11 is 0. The lowest BCUT2D eigenvalue weighted by Crippen LogP contribution is -2.29. The van der Waals surface area contributed by atoms with E-state index in [2.05, 4.69) is 0 Å². The van der Waals surface area contributed by atoms with Crippen molar-refractivity contribution in [3.8, 4) is 0 Å². The summed E-state index contributed by atoms with van der Waals surface area (Å²) in [7, 11) is 2.70. The van der Waals surface area contributed by atoms with Crippen LogP contribution in [0.5, 0.6) is 0 Å². The fourth-order valence-corrected chi connectivity index (χ4v) is 3.19. The molecule has 0 N–H and O–H groups in total. The molecule has 1 amide bonds. The van der Waals surface area contributed by atoms with Crippen LogP contribution in [0.15, 0.2) is 23.1 Å². The predicted molar refractivity (Wildman–Crippen MR) is 75.3 cm³/mol. The Morgan fingerprint density at radius 3 is 2.81 bits per heavy atom. The average molecular weight is 336 g/mol. The van der Waals surface area contributed by atoms with Gasteiger partial charge in [0.25, 0.3) is 15.0 Å². The third-order valence-corrected chi connectivity index (χ3v) is 4.71. The molecule has 0 saturated carbocycles. The van der Waals surface area contributed by atoms with Crippen LogP contribution in [0, 0.1) is 11.7 Å². The summed E-state index contributed by atoms with van der Waals surface area (Å²) in [4.78, 5) is 13.5. The number of carbonyl (C=O) groups is 1. The molecule has 1 saturated heterocycles. The number of ether oxygens (including phenoxy) is 1. The molecule has 0 aliphatic carbocycles. The average Bonchev–Trinajstić information content (AvgIpc) is 2.85. The molecule has 1 aromatic rings. The van der Waals surface area contributed by atoms with Crippen molar-refractivity contribution in [2.75, 3.05) is 26.8 Å². The highest BCUT2D eigenvalue weighted by molar-refractivity contribution is 8.13. The van der Waals surface area contributed by atoms with Gasteiger partial charge in [-0.3, -0.25) is 4.79 Å². The van der Waals surface area contributed by atoms with Crippen LogP contribution >= 0.6 is 10.7 Å². The minimum atomic E-state index is -4.08. The van der Waals surface area contributed by atoms with E-state index in [1.54, 1.807) is 12.0 Å². The first-order valence-electron chi connectivity index (χ1n) is 6.34. The Morgan fingerprint density at radius 2 is 2.19 bits per heavy atom. The van der Waals surface area contributed by atoms with Crippen LogP contribution < -0.4 is 0 Å². The van der Waals surface area contributed by atoms with Crippen LogP contribution in [-0.2, 0) is 13.8 Å². The highest BCUT2D eigenvalue weighted by atomic mass is 35.7. The lowest BCUT2D eigenvalue weighted by atomic mass is 10.1. The first-order chi connectivity index (χ1) is 9.81. The molecule has 1 aromatic carbocycles. The number of halogens is 2. The van der Waals surface area contributed by atoms with Crippen LogP contribution in [0.25, 0.3) is 0 Å². The Bertz CT molecular complexity index is 650. The van der Waals surface area contributed by atoms with Gasteiger partial charge in [-0.15, -0.1) is 0 Å². The molecule has 0 radical (unpaired) electrons. The molecule has 5 nitrogen and oxygen atoms in total. The summed E-state index contributed by atoms with van der Waals surface area (Å²) in [5.41, 5.74) is -0.0210. The summed E-state index contributed by atoms with van der Waals surface area (Å²) in [5, 5.41) is 0. The molecule has 1 unspecified atom stereocenters. The van der Waals surface area contributed by atoms with E-state index in [9.17, 15) is 17.6 Å². The van der Waals surface area contributed by atoms with Gasteiger partial charge in [0.05, 0.1) is 11.5 Å². The second-order valence-electron chi connectivity index (χ2n) is 4.97. The Hall–Kier alpha value is -1.18. The van der Waals surface area contributed by atoms with Crippen molar-refractivity contribution in [3.63, 3.8) is 0 Å². The first-order valence-corrected chi connectivity index (χ1v) is 8.65. The molecule has 2 rings (SSSR count). The van der Waals surface area contributed by atoms with E-state index in [0.29, 0.717) is 19.7 Å². The quantitative estimate of drug-likeness (QED) is 0.788. The normalized spacial score (nSPS) is 19.0. The molecule has 0 aromatic heterocycles. The van der Waals surface area contributed by atoms with Gasteiger partial charge < -0.3 is 9.64 Å². The van der Waals surface area contributed by atoms with E-state index in [1.165, 1.54) is 0 Å². The minimum Gasteiger partial charge on any atom is -0.384 e. The zero-order chi connectivity index (χ0) is 15.6. The van der Waals surface area contributed by atoms with Crippen molar-refractivity contribution < 1.29 is 22.3 Å². The number of hydrogen-bond acceptors (Lipinski definition) is 4. The fourth-order valence-electron chi connectivity index (χ4n) is 2.40. The standard InChI is InChI=1S/C13H15ClFNO4S/c1-20-8-9-2-3-16(7-9)13(17)10-4-11(15)6-12(5-10)21(14,18)19/h4-6,9H,2-3,7-8H2,1H3. The summed E-state index contributed by atoms with van der Waals surface area (Å²) in [6, 6.07) is 2.89. The van der Waals surface area contributed by atoms with Gasteiger partial charge in [-0.2, -0.15) is 0 Å². The van der Waals surface area contributed by atoms with Crippen molar-refractivity contribution in [2.24, 2.45) is 5.92 Å². The van der Waals surface area contributed by atoms with Gasteiger partial charge >= 0.3 is 0 Å². The van der Waals surface area contributed by atoms with Crippen molar-refractivity contribution >= 4 is 25.6 Å². The van der Waals surface area contributed by atoms with Gasteiger partial charge in [0, 0.05) is 42.4 Å². The van der Waals surface area contributed by atoms with Gasteiger partial charge in [-0.1, -0.05) is 0 Å². The van der Waals surface area contributed by atoms with Crippen molar-refractivity contribution in [2.45, 2.75) is 11.3 Å². The predicted octanol–water partition coefficient (Wildman–Crippen LogP) is 1.86. The number of nitrogens with zero attached hydrogens (tertiary/aromatic N) is 1. The highest BCUT2D eigenvalue weighted by Gasteiger charge is 2.28. The summed E-state index contributed by atoms with van der Waals surface area (Å²) < 4.78 is 41.1. The van der Waals surface area contributed by atoms with Crippen LogP contribution in [0.4, 0.5) is 4.39 Å². The molecule has 0 bridgehead atoms. The SMILES string of the molecule is COCC1CCN(C(=O)c2cc(F)cc(S(=O)(=O)Cl)c2)C1. The maximum Gasteiger partial charge on any atom is 0.261 e. The maximum atomic E-state index is 13.5. The van der Waals surface area contributed by atoms with E-state index in [4.69, 9.17) is 15.4 Å². The largest absolute Gasteiger partial charge is 0.384 e. The fraction of sp³-hybridized carbons (Fsp3) is 0.462. The summed E-state index contributed by atoms with van der Waals surface area (Å²) in [6.45, 7) is 1.59. The Balaban J connectivity index is 2.22. The molecule has 0 spiro atoms. The van der Waals surface area contributed by atoms with Crippen molar-refractivity contribution in [3.05, 3.63) is 29.6 Å². The third kappa shape index (κ3) is 3.93. The second kappa shape index (κ2) is 6.29. The number of methoxy groups -OCH3 is 1. The van der Waals surface area contributed by atoms with Crippen molar-refractivity contribution in [1.82, 2.24) is 4.90 Å². The van der Waals surface area contributed by atoms with Crippen LogP contribution in [0.3, 0.4) is 0 Å². The zero-order valence-corrected chi connectivity index (χ0v) is 13.0. The molecule has 1 fully saturated rings. The smallest absolute Gasteiger partial charge is 0.261 e. The van der Waals surface area contributed by atoms with Crippen LogP contribution in [0.1, 0.15) is 16.8 Å². The van der Waals surface area contributed by atoms with E-state index in [-0.39, 0.29) is 11.5 Å². The van der Waals surface area contributed by atoms with E-state index in [1.807, 2.05) is 0 Å². The van der Waals surface area contributed by atoms with Gasteiger partial charge in [-0.05, 0) is 24.6 Å². The highest BCUT2D eigenvalue weighted by Crippen LogP contribution is 2.22. The lowest BCUT2D eigenvalue weighted by Gasteiger charge is -2.17. The summed E-state index contributed by atoms with van der Waals surface area (Å²) in [6.07, 6.45) is 0.801. The Labute approximate surface area is 127 Å². The number of hydrogen-bond donors (Lipinski definition) is 0. The summed E-state index contributed by atoms with van der Waals surface area (Å²) in [5.74, 6) is -0.980. The van der Waals surface area contributed by atoms with Gasteiger partial charge in [0.2, 0.25) is 0 Å². The van der Waals surface area contributed by atoms with E-state index in [0.717, 1.165) is 24.6 Å². The molecule has 1 aliphatic heterocycles. The van der Waals surface area contributed by atoms with Gasteiger partial charge in [0.1, 0.15) is 5.82 Å². The molecule has 21 heavy (non-hydrogen) atoms. The Kier molecular flexibility index (Phi) is 4.85. The molecule has 116 valence electrons. The van der Waals surface area contributed by atoms with E-state index >= 15 is 0 Å². The zero-order valence-electron chi connectivity index (χ0n) is 11.4. The maximum absolute atomic E-state index is 13.5. The minimum absolute atomic E-state index is 0.0210. The first kappa shape index (κ1) is 16.2. The van der Waals surface area contributed by atoms with Crippen LogP contribution in [-0.4, -0.2) is 46.0 Å². The number of amides is 1. The van der Waals surface area contributed by atoms with Crippen molar-refractivity contribution in [1.29, 1.82) is 0 Å². The van der Waals surface area contributed by atoms with Gasteiger partial charge in [-0.25, -0.2) is 12.8 Å². The monoisotopic (exact) mass is 335 g/mol.